The van der Waals surface area contributed by atoms with E-state index in [1.165, 1.54) is 0 Å². The molecule has 2 aliphatic rings. The van der Waals surface area contributed by atoms with Crippen LogP contribution in [-0.4, -0.2) is 43.4 Å². The Morgan fingerprint density at radius 3 is 2.64 bits per heavy atom. The van der Waals surface area contributed by atoms with Gasteiger partial charge in [-0.25, -0.2) is 0 Å². The molecule has 4 nitrogen and oxygen atoms in total. The summed E-state index contributed by atoms with van der Waals surface area (Å²) < 4.78 is 16.0. The first-order valence-corrected chi connectivity index (χ1v) is 5.39. The first-order chi connectivity index (χ1) is 6.86. The van der Waals surface area contributed by atoms with Gasteiger partial charge in [0, 0.05) is 13.2 Å². The maximum Gasteiger partial charge on any atom is 0.181 e. The molecule has 2 heterocycles. The number of hydrogen-bond acceptors (Lipinski definition) is 4. The van der Waals surface area contributed by atoms with Crippen LogP contribution < -0.4 is 0 Å². The molecular weight excluding hydrogens is 184 g/mol. The van der Waals surface area contributed by atoms with Crippen molar-refractivity contribution in [3.05, 3.63) is 0 Å². The van der Waals surface area contributed by atoms with Crippen molar-refractivity contribution in [2.24, 2.45) is 0 Å². The second-order valence-electron chi connectivity index (χ2n) is 3.91. The number of aliphatic hydroxyl groups is 1. The third kappa shape index (κ3) is 2.67. The Kier molecular flexibility index (Phi) is 3.75. The van der Waals surface area contributed by atoms with E-state index in [2.05, 4.69) is 0 Å². The summed E-state index contributed by atoms with van der Waals surface area (Å²) in [4.78, 5) is 0. The van der Waals surface area contributed by atoms with Gasteiger partial charge in [0.1, 0.15) is 6.10 Å². The van der Waals surface area contributed by atoms with Crippen LogP contribution in [-0.2, 0) is 14.2 Å². The molecule has 14 heavy (non-hydrogen) atoms. The molecule has 3 atom stereocenters. The molecule has 2 saturated heterocycles. The summed E-state index contributed by atoms with van der Waals surface area (Å²) in [6.07, 6.45) is 3.32. The molecule has 0 aromatic rings. The van der Waals surface area contributed by atoms with Crippen LogP contribution in [0.3, 0.4) is 0 Å². The first kappa shape index (κ1) is 10.4. The van der Waals surface area contributed by atoms with E-state index in [0.29, 0.717) is 6.61 Å². The zero-order valence-corrected chi connectivity index (χ0v) is 8.35. The third-order valence-corrected chi connectivity index (χ3v) is 2.76. The molecule has 0 aromatic heterocycles. The fourth-order valence-corrected chi connectivity index (χ4v) is 1.92. The average molecular weight is 202 g/mol. The normalized spacial score (nSPS) is 34.9. The topological polar surface area (TPSA) is 47.9 Å². The monoisotopic (exact) mass is 202 g/mol. The van der Waals surface area contributed by atoms with Crippen LogP contribution in [0, 0.1) is 0 Å². The van der Waals surface area contributed by atoms with E-state index in [0.717, 1.165) is 38.9 Å². The molecule has 2 aliphatic heterocycles. The number of hydrogen-bond donors (Lipinski definition) is 1. The van der Waals surface area contributed by atoms with E-state index in [1.54, 1.807) is 0 Å². The van der Waals surface area contributed by atoms with Crippen LogP contribution in [0.25, 0.3) is 0 Å². The third-order valence-electron chi connectivity index (χ3n) is 2.76. The van der Waals surface area contributed by atoms with E-state index in [9.17, 15) is 5.11 Å². The molecule has 0 aromatic carbocycles. The smallest absolute Gasteiger partial charge is 0.181 e. The van der Waals surface area contributed by atoms with E-state index in [1.807, 2.05) is 0 Å². The fraction of sp³-hybridized carbons (Fsp3) is 1.00. The van der Waals surface area contributed by atoms with E-state index >= 15 is 0 Å². The number of ether oxygens (including phenoxy) is 3. The zero-order valence-electron chi connectivity index (χ0n) is 8.35. The summed E-state index contributed by atoms with van der Waals surface area (Å²) >= 11 is 0. The Hall–Kier alpha value is -0.160. The maximum atomic E-state index is 9.61. The van der Waals surface area contributed by atoms with Gasteiger partial charge in [-0.05, 0) is 25.7 Å². The highest BCUT2D eigenvalue weighted by molar-refractivity contribution is 4.69. The molecule has 2 rings (SSSR count). The van der Waals surface area contributed by atoms with Crippen molar-refractivity contribution in [2.45, 2.75) is 44.2 Å². The molecule has 82 valence electrons. The predicted octanol–water partition coefficient (Wildman–Crippen LogP) is 0.679. The van der Waals surface area contributed by atoms with Gasteiger partial charge in [0.2, 0.25) is 0 Å². The highest BCUT2D eigenvalue weighted by Gasteiger charge is 2.26. The van der Waals surface area contributed by atoms with Gasteiger partial charge in [0.05, 0.1) is 12.7 Å². The van der Waals surface area contributed by atoms with Crippen molar-refractivity contribution in [1.29, 1.82) is 0 Å². The standard InChI is InChI=1S/C10H18O4/c11-10(9-4-2-6-13-9)14-7-8-3-1-5-12-8/h8-11H,1-7H2. The van der Waals surface area contributed by atoms with Crippen molar-refractivity contribution in [3.63, 3.8) is 0 Å². The van der Waals surface area contributed by atoms with Gasteiger partial charge in [-0.15, -0.1) is 0 Å². The zero-order chi connectivity index (χ0) is 9.80. The van der Waals surface area contributed by atoms with Gasteiger partial charge >= 0.3 is 0 Å². The van der Waals surface area contributed by atoms with Crippen LogP contribution in [0.4, 0.5) is 0 Å². The molecule has 0 saturated carbocycles. The minimum absolute atomic E-state index is 0.128. The second-order valence-corrected chi connectivity index (χ2v) is 3.91. The van der Waals surface area contributed by atoms with Gasteiger partial charge < -0.3 is 19.3 Å². The number of rotatable bonds is 4. The van der Waals surface area contributed by atoms with Crippen molar-refractivity contribution >= 4 is 0 Å². The maximum absolute atomic E-state index is 9.61. The molecule has 4 heteroatoms. The predicted molar refractivity (Wildman–Crippen MR) is 49.9 cm³/mol. The van der Waals surface area contributed by atoms with Crippen molar-refractivity contribution < 1.29 is 19.3 Å². The van der Waals surface area contributed by atoms with Crippen LogP contribution in [0.5, 0.6) is 0 Å². The highest BCUT2D eigenvalue weighted by Crippen LogP contribution is 2.18. The van der Waals surface area contributed by atoms with Gasteiger partial charge in [-0.1, -0.05) is 0 Å². The molecule has 0 bridgehead atoms. The lowest BCUT2D eigenvalue weighted by atomic mass is 10.2. The summed E-state index contributed by atoms with van der Waals surface area (Å²) in [5.74, 6) is 0. The van der Waals surface area contributed by atoms with E-state index in [4.69, 9.17) is 14.2 Å². The Bertz CT molecular complexity index is 162. The fourth-order valence-electron chi connectivity index (χ4n) is 1.92. The largest absolute Gasteiger partial charge is 0.376 e. The van der Waals surface area contributed by atoms with Gasteiger partial charge in [0.15, 0.2) is 6.29 Å². The summed E-state index contributed by atoms with van der Waals surface area (Å²) in [7, 11) is 0. The SMILES string of the molecule is OC(OCC1CCCO1)C1CCCO1. The lowest BCUT2D eigenvalue weighted by Gasteiger charge is -2.19. The van der Waals surface area contributed by atoms with Crippen LogP contribution in [0.1, 0.15) is 25.7 Å². The summed E-state index contributed by atoms with van der Waals surface area (Å²) in [5.41, 5.74) is 0. The molecule has 0 aliphatic carbocycles. The lowest BCUT2D eigenvalue weighted by molar-refractivity contribution is -0.178. The molecule has 0 spiro atoms. The van der Waals surface area contributed by atoms with E-state index < -0.39 is 6.29 Å². The molecule has 0 amide bonds. The van der Waals surface area contributed by atoms with Gasteiger partial charge in [0.25, 0.3) is 0 Å². The minimum Gasteiger partial charge on any atom is -0.376 e. The highest BCUT2D eigenvalue weighted by atomic mass is 16.6. The van der Waals surface area contributed by atoms with Gasteiger partial charge in [-0.3, -0.25) is 0 Å². The minimum atomic E-state index is -0.776. The van der Waals surface area contributed by atoms with Crippen molar-refractivity contribution in [3.8, 4) is 0 Å². The summed E-state index contributed by atoms with van der Waals surface area (Å²) in [6, 6.07) is 0. The molecule has 3 unspecified atom stereocenters. The molecule has 2 fully saturated rings. The average Bonchev–Trinajstić information content (AvgIpc) is 2.87. The Morgan fingerprint density at radius 2 is 2.00 bits per heavy atom. The number of aliphatic hydroxyl groups excluding tert-OH is 1. The Morgan fingerprint density at radius 1 is 1.21 bits per heavy atom. The Labute approximate surface area is 84.1 Å². The molecule has 1 N–H and O–H groups in total. The van der Waals surface area contributed by atoms with Crippen LogP contribution >= 0.6 is 0 Å². The molecular formula is C10H18O4. The summed E-state index contributed by atoms with van der Waals surface area (Å²) in [6.45, 7) is 2.05. The van der Waals surface area contributed by atoms with Crippen molar-refractivity contribution in [1.82, 2.24) is 0 Å². The van der Waals surface area contributed by atoms with Crippen LogP contribution in [0.15, 0.2) is 0 Å². The van der Waals surface area contributed by atoms with E-state index in [-0.39, 0.29) is 12.2 Å². The van der Waals surface area contributed by atoms with Gasteiger partial charge in [-0.2, -0.15) is 0 Å². The summed E-state index contributed by atoms with van der Waals surface area (Å²) in [5, 5.41) is 9.61. The van der Waals surface area contributed by atoms with Crippen molar-refractivity contribution in [2.75, 3.05) is 19.8 Å². The molecule has 0 radical (unpaired) electrons. The lowest BCUT2D eigenvalue weighted by Crippen LogP contribution is -2.31. The second kappa shape index (κ2) is 5.07. The quantitative estimate of drug-likeness (QED) is 0.681. The Balaban J connectivity index is 1.63. The van der Waals surface area contributed by atoms with Crippen LogP contribution in [0.2, 0.25) is 0 Å². The first-order valence-electron chi connectivity index (χ1n) is 5.39.